The number of rotatable bonds is 5. The first-order valence-electron chi connectivity index (χ1n) is 6.18. The second-order valence-electron chi connectivity index (χ2n) is 4.39. The van der Waals surface area contributed by atoms with Crippen molar-refractivity contribution in [1.29, 1.82) is 0 Å². The van der Waals surface area contributed by atoms with Crippen molar-refractivity contribution >= 4 is 34.8 Å². The van der Waals surface area contributed by atoms with Gasteiger partial charge in [0.2, 0.25) is 0 Å². The molecule has 0 radical (unpaired) electrons. The number of amides is 1. The summed E-state index contributed by atoms with van der Waals surface area (Å²) in [5, 5.41) is 5.38. The Bertz CT molecular complexity index is 585. The molecule has 1 amide bonds. The zero-order chi connectivity index (χ0) is 14.5. The average Bonchev–Trinajstić information content (AvgIpc) is 2.95. The number of nitrogens with one attached hydrogen (secondary N) is 1. The second kappa shape index (κ2) is 6.79. The Labute approximate surface area is 127 Å². The fourth-order valence-corrected chi connectivity index (χ4v) is 2.10. The van der Waals surface area contributed by atoms with E-state index in [0.717, 1.165) is 5.76 Å². The normalized spacial score (nSPS) is 12.2. The van der Waals surface area contributed by atoms with Gasteiger partial charge in [0.25, 0.3) is 5.91 Å². The summed E-state index contributed by atoms with van der Waals surface area (Å²) in [5.74, 6) is 0.686. The van der Waals surface area contributed by atoms with Crippen LogP contribution in [0.4, 0.5) is 5.69 Å². The summed E-state index contributed by atoms with van der Waals surface area (Å²) < 4.78 is 5.28. The van der Waals surface area contributed by atoms with Gasteiger partial charge in [-0.15, -0.1) is 0 Å². The highest BCUT2D eigenvalue weighted by molar-refractivity contribution is 6.43. The Morgan fingerprint density at radius 1 is 1.35 bits per heavy atom. The standard InChI is InChI=1S/C14H14Cl2N2O2/c1-9(12-6-3-7-20-12)17-8-13(19)18-11-5-2-4-10(15)14(11)16/h2-7,9,17H,8H2,1H3,(H,18,19)/p+1/t9-/m0/s1. The van der Waals surface area contributed by atoms with Gasteiger partial charge in [-0.05, 0) is 31.2 Å². The van der Waals surface area contributed by atoms with Crippen molar-refractivity contribution in [2.24, 2.45) is 0 Å². The minimum absolute atomic E-state index is 0.0746. The molecule has 1 heterocycles. The van der Waals surface area contributed by atoms with E-state index in [-0.39, 0.29) is 18.5 Å². The third-order valence-electron chi connectivity index (χ3n) is 2.87. The van der Waals surface area contributed by atoms with Gasteiger partial charge in [0.05, 0.1) is 22.0 Å². The number of benzene rings is 1. The largest absolute Gasteiger partial charge is 0.463 e. The number of quaternary nitrogens is 1. The minimum Gasteiger partial charge on any atom is -0.463 e. The van der Waals surface area contributed by atoms with Crippen LogP contribution < -0.4 is 10.6 Å². The second-order valence-corrected chi connectivity index (χ2v) is 5.18. The first kappa shape index (κ1) is 14.9. The SMILES string of the molecule is C[C@H]([NH2+]CC(=O)Nc1cccc(Cl)c1Cl)c1ccco1. The van der Waals surface area contributed by atoms with Crippen LogP contribution in [0.3, 0.4) is 0 Å². The fraction of sp³-hybridized carbons (Fsp3) is 0.214. The summed E-state index contributed by atoms with van der Waals surface area (Å²) in [7, 11) is 0. The molecule has 0 aliphatic rings. The molecule has 106 valence electrons. The van der Waals surface area contributed by atoms with Crippen molar-refractivity contribution in [2.45, 2.75) is 13.0 Å². The average molecular weight is 314 g/mol. The maximum Gasteiger partial charge on any atom is 0.279 e. The highest BCUT2D eigenvalue weighted by Gasteiger charge is 2.14. The molecule has 20 heavy (non-hydrogen) atoms. The molecule has 1 aromatic carbocycles. The molecule has 0 unspecified atom stereocenters. The maximum absolute atomic E-state index is 11.9. The Kier molecular flexibility index (Phi) is 5.06. The summed E-state index contributed by atoms with van der Waals surface area (Å²) in [4.78, 5) is 11.9. The molecule has 2 aromatic rings. The van der Waals surface area contributed by atoms with Crippen LogP contribution in [0, 0.1) is 0 Å². The van der Waals surface area contributed by atoms with E-state index in [2.05, 4.69) is 5.32 Å². The number of halogens is 2. The zero-order valence-electron chi connectivity index (χ0n) is 10.9. The third-order valence-corrected chi connectivity index (χ3v) is 3.69. The van der Waals surface area contributed by atoms with Crippen molar-refractivity contribution in [3.05, 3.63) is 52.4 Å². The number of hydrogen-bond donors (Lipinski definition) is 2. The van der Waals surface area contributed by atoms with Crippen LogP contribution in [-0.2, 0) is 4.79 Å². The van der Waals surface area contributed by atoms with Crippen LogP contribution >= 0.6 is 23.2 Å². The molecular weight excluding hydrogens is 299 g/mol. The molecule has 0 aliphatic carbocycles. The number of nitrogens with two attached hydrogens (primary N) is 1. The molecule has 6 heteroatoms. The van der Waals surface area contributed by atoms with Crippen molar-refractivity contribution < 1.29 is 14.5 Å². The van der Waals surface area contributed by atoms with Gasteiger partial charge >= 0.3 is 0 Å². The van der Waals surface area contributed by atoms with Gasteiger partial charge in [-0.25, -0.2) is 0 Å². The molecule has 3 N–H and O–H groups in total. The molecule has 4 nitrogen and oxygen atoms in total. The number of furan rings is 1. The van der Waals surface area contributed by atoms with Gasteiger partial charge in [-0.1, -0.05) is 29.3 Å². The van der Waals surface area contributed by atoms with Crippen LogP contribution in [-0.4, -0.2) is 12.5 Å². The number of carbonyl (C=O) groups is 1. The van der Waals surface area contributed by atoms with E-state index in [1.807, 2.05) is 24.4 Å². The lowest BCUT2D eigenvalue weighted by Gasteiger charge is -2.10. The van der Waals surface area contributed by atoms with Crippen molar-refractivity contribution in [3.63, 3.8) is 0 Å². The smallest absolute Gasteiger partial charge is 0.279 e. The minimum atomic E-state index is -0.146. The van der Waals surface area contributed by atoms with Gasteiger partial charge in [0.15, 0.2) is 12.3 Å². The predicted molar refractivity (Wildman–Crippen MR) is 79.0 cm³/mol. The van der Waals surface area contributed by atoms with Crippen LogP contribution in [0.1, 0.15) is 18.7 Å². The van der Waals surface area contributed by atoms with E-state index < -0.39 is 0 Å². The first-order valence-corrected chi connectivity index (χ1v) is 6.94. The monoisotopic (exact) mass is 313 g/mol. The fourth-order valence-electron chi connectivity index (χ4n) is 1.75. The van der Waals surface area contributed by atoms with Gasteiger partial charge < -0.3 is 15.1 Å². The molecule has 0 bridgehead atoms. The van der Waals surface area contributed by atoms with Gasteiger partial charge in [0.1, 0.15) is 6.04 Å². The lowest BCUT2D eigenvalue weighted by molar-refractivity contribution is -0.684. The van der Waals surface area contributed by atoms with E-state index in [1.54, 1.807) is 24.5 Å². The molecule has 0 saturated carbocycles. The summed E-state index contributed by atoms with van der Waals surface area (Å²) in [6.07, 6.45) is 1.62. The number of anilines is 1. The summed E-state index contributed by atoms with van der Waals surface area (Å²) in [6, 6.07) is 8.90. The van der Waals surface area contributed by atoms with Gasteiger partial charge in [0, 0.05) is 0 Å². The highest BCUT2D eigenvalue weighted by Crippen LogP contribution is 2.29. The summed E-state index contributed by atoms with van der Waals surface area (Å²) in [5.41, 5.74) is 0.517. The summed E-state index contributed by atoms with van der Waals surface area (Å²) >= 11 is 11.9. The molecular formula is C14H15Cl2N2O2+. The Balaban J connectivity index is 1.88. The number of hydrogen-bond acceptors (Lipinski definition) is 2. The molecule has 0 fully saturated rings. The maximum atomic E-state index is 11.9. The third kappa shape index (κ3) is 3.76. The van der Waals surface area contributed by atoms with E-state index in [9.17, 15) is 4.79 Å². The molecule has 0 saturated heterocycles. The lowest BCUT2D eigenvalue weighted by Crippen LogP contribution is -2.86. The first-order chi connectivity index (χ1) is 9.58. The Morgan fingerprint density at radius 3 is 2.85 bits per heavy atom. The zero-order valence-corrected chi connectivity index (χ0v) is 12.4. The van der Waals surface area contributed by atoms with Crippen molar-refractivity contribution in [1.82, 2.24) is 0 Å². The predicted octanol–water partition coefficient (Wildman–Crippen LogP) is 2.85. The van der Waals surface area contributed by atoms with E-state index in [0.29, 0.717) is 15.7 Å². The van der Waals surface area contributed by atoms with E-state index in [4.69, 9.17) is 27.6 Å². The molecule has 0 spiro atoms. The van der Waals surface area contributed by atoms with E-state index >= 15 is 0 Å². The highest BCUT2D eigenvalue weighted by atomic mass is 35.5. The topological polar surface area (TPSA) is 58.9 Å². The van der Waals surface area contributed by atoms with Crippen molar-refractivity contribution in [2.75, 3.05) is 11.9 Å². The summed E-state index contributed by atoms with van der Waals surface area (Å²) in [6.45, 7) is 2.24. The van der Waals surface area contributed by atoms with Crippen LogP contribution in [0.25, 0.3) is 0 Å². The van der Waals surface area contributed by atoms with Crippen LogP contribution in [0.5, 0.6) is 0 Å². The van der Waals surface area contributed by atoms with Crippen LogP contribution in [0.15, 0.2) is 41.0 Å². The van der Waals surface area contributed by atoms with Gasteiger partial charge in [-0.2, -0.15) is 0 Å². The molecule has 1 atom stereocenters. The molecule has 0 aliphatic heterocycles. The quantitative estimate of drug-likeness (QED) is 0.891. The molecule has 2 rings (SSSR count). The Morgan fingerprint density at radius 2 is 2.15 bits per heavy atom. The molecule has 1 aromatic heterocycles. The van der Waals surface area contributed by atoms with E-state index in [1.165, 1.54) is 0 Å². The Hall–Kier alpha value is -1.49. The number of carbonyl (C=O) groups excluding carboxylic acids is 1. The van der Waals surface area contributed by atoms with Gasteiger partial charge in [-0.3, -0.25) is 4.79 Å². The van der Waals surface area contributed by atoms with Crippen LogP contribution in [0.2, 0.25) is 10.0 Å². The lowest BCUT2D eigenvalue weighted by atomic mass is 10.2. The van der Waals surface area contributed by atoms with Crippen molar-refractivity contribution in [3.8, 4) is 0 Å².